The molecule has 1 aliphatic rings. The van der Waals surface area contributed by atoms with E-state index in [1.165, 1.54) is 12.7 Å². The largest absolute Gasteiger partial charge is 0.462 e. The molecule has 0 spiro atoms. The highest BCUT2D eigenvalue weighted by atomic mass is 16.5. The van der Waals surface area contributed by atoms with Crippen molar-refractivity contribution in [1.29, 1.82) is 0 Å². The van der Waals surface area contributed by atoms with E-state index in [0.29, 0.717) is 29.8 Å². The number of rotatable bonds is 4. The summed E-state index contributed by atoms with van der Waals surface area (Å²) in [6.45, 7) is 6.57. The van der Waals surface area contributed by atoms with Crippen LogP contribution in [0, 0.1) is 6.92 Å². The lowest BCUT2D eigenvalue weighted by atomic mass is 10.1. The minimum Gasteiger partial charge on any atom is -0.462 e. The predicted octanol–water partition coefficient (Wildman–Crippen LogP) is 4.66. The van der Waals surface area contributed by atoms with Gasteiger partial charge in [-0.25, -0.2) is 24.5 Å². The van der Waals surface area contributed by atoms with Gasteiger partial charge >= 0.3 is 0 Å². The second-order valence-corrected chi connectivity index (χ2v) is 9.27. The number of anilines is 3. The van der Waals surface area contributed by atoms with Crippen LogP contribution in [0.15, 0.2) is 72.4 Å². The van der Waals surface area contributed by atoms with Crippen LogP contribution in [0.3, 0.4) is 0 Å². The number of nitrogens with two attached hydrogens (primary N) is 1. The third kappa shape index (κ3) is 3.92. The zero-order valence-corrected chi connectivity index (χ0v) is 20.1. The van der Waals surface area contributed by atoms with Crippen LogP contribution >= 0.6 is 0 Å². The number of aliphatic imine (C=N–C) groups is 1. The molecule has 4 heterocycles. The average molecular weight is 481 g/mol. The van der Waals surface area contributed by atoms with E-state index in [1.54, 1.807) is 4.52 Å². The van der Waals surface area contributed by atoms with E-state index in [-0.39, 0.29) is 5.54 Å². The maximum absolute atomic E-state index is 6.16. The van der Waals surface area contributed by atoms with Crippen LogP contribution in [0.5, 0.6) is 11.5 Å². The quantitative estimate of drug-likeness (QED) is 0.395. The molecule has 0 radical (unpaired) electrons. The minimum absolute atomic E-state index is 0.328. The van der Waals surface area contributed by atoms with Crippen LogP contribution in [0.4, 0.5) is 17.2 Å². The Balaban J connectivity index is 1.40. The van der Waals surface area contributed by atoms with Gasteiger partial charge in [0.2, 0.25) is 0 Å². The number of fused-ring (bicyclic) bond motifs is 2. The third-order valence-corrected chi connectivity index (χ3v) is 5.95. The van der Waals surface area contributed by atoms with Gasteiger partial charge in [-0.3, -0.25) is 4.90 Å². The molecule has 0 saturated heterocycles. The lowest BCUT2D eigenvalue weighted by Crippen LogP contribution is -2.26. The maximum atomic E-state index is 6.16. The van der Waals surface area contributed by atoms with Gasteiger partial charge in [-0.05, 0) is 68.8 Å². The molecule has 0 saturated carbocycles. The Bertz CT molecular complexity index is 1640. The zero-order valence-electron chi connectivity index (χ0n) is 20.1. The molecule has 2 aromatic carbocycles. The van der Waals surface area contributed by atoms with Crippen molar-refractivity contribution >= 4 is 39.8 Å². The Morgan fingerprint density at radius 2 is 1.83 bits per heavy atom. The topological polar surface area (TPSA) is 116 Å². The van der Waals surface area contributed by atoms with E-state index in [9.17, 15) is 0 Å². The molecule has 0 unspecified atom stereocenters. The summed E-state index contributed by atoms with van der Waals surface area (Å²) < 4.78 is 13.9. The van der Waals surface area contributed by atoms with E-state index < -0.39 is 0 Å². The molecule has 0 aliphatic carbocycles. The number of benzene rings is 2. The van der Waals surface area contributed by atoms with Crippen LogP contribution in [-0.4, -0.2) is 42.7 Å². The molecule has 5 aromatic rings. The average Bonchev–Trinajstić information content (AvgIpc) is 3.47. The Labute approximate surface area is 207 Å². The molecule has 10 nitrogen and oxygen atoms in total. The summed E-state index contributed by atoms with van der Waals surface area (Å²) in [5, 5.41) is 4.88. The van der Waals surface area contributed by atoms with E-state index in [4.69, 9.17) is 20.2 Å². The van der Waals surface area contributed by atoms with Gasteiger partial charge in [-0.1, -0.05) is 0 Å². The molecule has 6 rings (SSSR count). The molecule has 3 aromatic heterocycles. The fourth-order valence-corrected chi connectivity index (χ4v) is 4.13. The number of pyridine rings is 1. The number of amidine groups is 1. The Kier molecular flexibility index (Phi) is 4.96. The van der Waals surface area contributed by atoms with Crippen LogP contribution in [-0.2, 0) is 4.74 Å². The molecule has 36 heavy (non-hydrogen) atoms. The Morgan fingerprint density at radius 3 is 2.64 bits per heavy atom. The standard InChI is InChI=1S/C26H24N8O2/c1-16-10-17(5-7-22(16)36-19-8-9-33-23(12-19)29-15-31-33)34(25-32-26(2,3)13-35-25)18-4-6-21-20(11-18)24(27)30-14-28-21/h4-12,14-15H,13H2,1-3H3,(H2,27,28,30). The molecule has 10 heteroatoms. The van der Waals surface area contributed by atoms with Gasteiger partial charge in [0.05, 0.1) is 22.4 Å². The molecular formula is C26H24N8O2. The van der Waals surface area contributed by atoms with Crippen molar-refractivity contribution in [3.05, 3.63) is 72.9 Å². The first-order chi connectivity index (χ1) is 17.4. The van der Waals surface area contributed by atoms with Crippen molar-refractivity contribution in [1.82, 2.24) is 24.6 Å². The fraction of sp³-hybridized carbons (Fsp3) is 0.192. The summed E-state index contributed by atoms with van der Waals surface area (Å²) in [5.41, 5.74) is 9.96. The summed E-state index contributed by atoms with van der Waals surface area (Å²) in [7, 11) is 0. The third-order valence-electron chi connectivity index (χ3n) is 5.95. The summed E-state index contributed by atoms with van der Waals surface area (Å²) in [6.07, 6.45) is 4.79. The zero-order chi connectivity index (χ0) is 24.9. The maximum Gasteiger partial charge on any atom is 0.297 e. The van der Waals surface area contributed by atoms with Gasteiger partial charge in [0.15, 0.2) is 5.65 Å². The van der Waals surface area contributed by atoms with E-state index >= 15 is 0 Å². The Hall–Kier alpha value is -4.73. The first kappa shape index (κ1) is 21.8. The molecule has 0 amide bonds. The van der Waals surface area contributed by atoms with Gasteiger partial charge < -0.3 is 15.2 Å². The van der Waals surface area contributed by atoms with Gasteiger partial charge in [0.1, 0.15) is 36.6 Å². The summed E-state index contributed by atoms with van der Waals surface area (Å²) in [6, 6.07) is 16.0. The van der Waals surface area contributed by atoms with Crippen LogP contribution in [0.25, 0.3) is 16.6 Å². The number of aryl methyl sites for hydroxylation is 1. The summed E-state index contributed by atoms with van der Waals surface area (Å²) in [4.78, 5) is 19.5. The SMILES string of the molecule is Cc1cc(N(C2=NC(C)(C)CO2)c2ccc3ncnc(N)c3c2)ccc1Oc1ccn2ncnc2c1. The molecule has 0 fully saturated rings. The first-order valence-electron chi connectivity index (χ1n) is 11.5. The second-order valence-electron chi connectivity index (χ2n) is 9.27. The van der Waals surface area contributed by atoms with Crippen LogP contribution in [0.1, 0.15) is 19.4 Å². The second kappa shape index (κ2) is 8.19. The molecule has 1 aliphatic heterocycles. The highest BCUT2D eigenvalue weighted by molar-refractivity contribution is 6.03. The number of nitrogen functional groups attached to an aromatic ring is 1. The lowest BCUT2D eigenvalue weighted by molar-refractivity contribution is 0.276. The number of hydrogen-bond donors (Lipinski definition) is 1. The van der Waals surface area contributed by atoms with E-state index in [1.807, 2.05) is 80.4 Å². The Morgan fingerprint density at radius 1 is 1.00 bits per heavy atom. The molecular weight excluding hydrogens is 456 g/mol. The lowest BCUT2D eigenvalue weighted by Gasteiger charge is -2.25. The smallest absolute Gasteiger partial charge is 0.297 e. The number of nitrogens with zero attached hydrogens (tertiary/aromatic N) is 7. The number of aromatic nitrogens is 5. The first-order valence-corrected chi connectivity index (χ1v) is 11.5. The van der Waals surface area contributed by atoms with Crippen molar-refractivity contribution in [2.45, 2.75) is 26.3 Å². The van der Waals surface area contributed by atoms with Crippen molar-refractivity contribution in [2.24, 2.45) is 4.99 Å². The fourth-order valence-electron chi connectivity index (χ4n) is 4.13. The van der Waals surface area contributed by atoms with Crippen LogP contribution < -0.4 is 15.4 Å². The molecule has 180 valence electrons. The molecule has 0 atom stereocenters. The van der Waals surface area contributed by atoms with Crippen molar-refractivity contribution in [3.63, 3.8) is 0 Å². The normalized spacial score (nSPS) is 14.6. The highest BCUT2D eigenvalue weighted by Gasteiger charge is 2.31. The van der Waals surface area contributed by atoms with Gasteiger partial charge in [-0.2, -0.15) is 5.10 Å². The monoisotopic (exact) mass is 480 g/mol. The van der Waals surface area contributed by atoms with Crippen molar-refractivity contribution in [2.75, 3.05) is 17.2 Å². The van der Waals surface area contributed by atoms with Gasteiger partial charge in [-0.15, -0.1) is 0 Å². The van der Waals surface area contributed by atoms with Crippen molar-refractivity contribution in [3.8, 4) is 11.5 Å². The summed E-state index contributed by atoms with van der Waals surface area (Å²) >= 11 is 0. The number of hydrogen-bond acceptors (Lipinski definition) is 9. The highest BCUT2D eigenvalue weighted by Crippen LogP contribution is 2.36. The van der Waals surface area contributed by atoms with E-state index in [2.05, 4.69) is 20.1 Å². The molecule has 0 bridgehead atoms. The van der Waals surface area contributed by atoms with Gasteiger partial charge in [0.25, 0.3) is 6.02 Å². The van der Waals surface area contributed by atoms with Crippen LogP contribution in [0.2, 0.25) is 0 Å². The number of ether oxygens (including phenoxy) is 2. The molecule has 2 N–H and O–H groups in total. The van der Waals surface area contributed by atoms with Crippen molar-refractivity contribution < 1.29 is 9.47 Å². The van der Waals surface area contributed by atoms with Gasteiger partial charge in [0, 0.05) is 17.6 Å². The van der Waals surface area contributed by atoms with E-state index in [0.717, 1.165) is 33.6 Å². The summed E-state index contributed by atoms with van der Waals surface area (Å²) in [5.74, 6) is 1.83. The minimum atomic E-state index is -0.328. The predicted molar refractivity (Wildman–Crippen MR) is 138 cm³/mol.